The van der Waals surface area contributed by atoms with E-state index in [1.165, 1.54) is 6.33 Å². The molecule has 1 heterocycles. The summed E-state index contributed by atoms with van der Waals surface area (Å²) in [6.45, 7) is 3.84. The zero-order valence-electron chi connectivity index (χ0n) is 13.9. The van der Waals surface area contributed by atoms with Gasteiger partial charge in [-0.1, -0.05) is 29.8 Å². The maximum Gasteiger partial charge on any atom is 0.248 e. The van der Waals surface area contributed by atoms with Gasteiger partial charge in [-0.3, -0.25) is 10.9 Å². The molecule has 0 fully saturated rings. The van der Waals surface area contributed by atoms with Crippen molar-refractivity contribution in [3.8, 4) is 11.6 Å². The summed E-state index contributed by atoms with van der Waals surface area (Å²) >= 11 is 6.18. The highest BCUT2D eigenvalue weighted by molar-refractivity contribution is 6.32. The second kappa shape index (κ2) is 7.27. The molecule has 0 saturated carbocycles. The van der Waals surface area contributed by atoms with Crippen molar-refractivity contribution in [1.82, 2.24) is 9.97 Å². The van der Waals surface area contributed by atoms with E-state index in [2.05, 4.69) is 20.8 Å². The lowest BCUT2D eigenvalue weighted by atomic mass is 10.1. The molecule has 7 heteroatoms. The maximum atomic E-state index is 6.18. The first-order valence-electron chi connectivity index (χ1n) is 7.66. The number of benzene rings is 2. The quantitative estimate of drug-likeness (QED) is 0.582. The van der Waals surface area contributed by atoms with E-state index < -0.39 is 0 Å². The van der Waals surface area contributed by atoms with Crippen LogP contribution < -0.4 is 21.3 Å². The summed E-state index contributed by atoms with van der Waals surface area (Å²) in [5.74, 6) is 1.32. The third-order valence-corrected chi connectivity index (χ3v) is 4.17. The van der Waals surface area contributed by atoms with Gasteiger partial charge in [-0.25, -0.2) is 4.98 Å². The average molecular weight is 356 g/mol. The molecule has 0 aliphatic rings. The van der Waals surface area contributed by atoms with Crippen LogP contribution in [-0.4, -0.2) is 9.97 Å². The first-order valence-corrected chi connectivity index (χ1v) is 8.04. The second-order valence-electron chi connectivity index (χ2n) is 5.53. The molecule has 0 aliphatic heterocycles. The van der Waals surface area contributed by atoms with Gasteiger partial charge in [0.1, 0.15) is 17.8 Å². The smallest absolute Gasteiger partial charge is 0.248 e. The number of hydrogen-bond acceptors (Lipinski definition) is 6. The molecule has 0 bridgehead atoms. The van der Waals surface area contributed by atoms with Gasteiger partial charge in [0, 0.05) is 5.02 Å². The average Bonchev–Trinajstić information content (AvgIpc) is 2.61. The van der Waals surface area contributed by atoms with Crippen molar-refractivity contribution in [3.05, 3.63) is 64.9 Å². The number of anilines is 3. The van der Waals surface area contributed by atoms with Gasteiger partial charge in [0.05, 0.1) is 5.69 Å². The van der Waals surface area contributed by atoms with Gasteiger partial charge < -0.3 is 10.5 Å². The number of nitrogens with two attached hydrogens (primary N) is 1. The lowest BCUT2D eigenvalue weighted by Gasteiger charge is -2.14. The van der Waals surface area contributed by atoms with E-state index in [1.54, 1.807) is 0 Å². The van der Waals surface area contributed by atoms with Crippen molar-refractivity contribution in [3.63, 3.8) is 0 Å². The fourth-order valence-corrected chi connectivity index (χ4v) is 2.40. The Hall–Kier alpha value is -2.99. The molecule has 25 heavy (non-hydrogen) atoms. The highest BCUT2D eigenvalue weighted by Gasteiger charge is 2.12. The molecule has 0 amide bonds. The number of nitrogens with one attached hydrogen (secondary N) is 2. The Balaban J connectivity index is 1.79. The monoisotopic (exact) mass is 355 g/mol. The number of aryl methyl sites for hydroxylation is 2. The predicted octanol–water partition coefficient (Wildman–Crippen LogP) is 4.56. The van der Waals surface area contributed by atoms with Crippen molar-refractivity contribution in [1.29, 1.82) is 0 Å². The molecule has 4 N–H and O–H groups in total. The molecule has 128 valence electrons. The van der Waals surface area contributed by atoms with Crippen molar-refractivity contribution in [2.45, 2.75) is 13.8 Å². The summed E-state index contributed by atoms with van der Waals surface area (Å²) in [5, 5.41) is 0.720. The number of ether oxygens (including phenoxy) is 1. The molecule has 3 aromatic rings. The van der Waals surface area contributed by atoms with Gasteiger partial charge in [0.2, 0.25) is 5.88 Å². The van der Waals surface area contributed by atoms with Gasteiger partial charge in [-0.2, -0.15) is 4.98 Å². The number of nitrogens with zero attached hydrogens (tertiary/aromatic N) is 2. The fraction of sp³-hybridized carbons (Fsp3) is 0.111. The third kappa shape index (κ3) is 3.92. The first kappa shape index (κ1) is 16.9. The van der Waals surface area contributed by atoms with Crippen LogP contribution in [0.1, 0.15) is 11.1 Å². The minimum atomic E-state index is 0.272. The summed E-state index contributed by atoms with van der Waals surface area (Å²) < 4.78 is 5.82. The fourth-order valence-electron chi connectivity index (χ4n) is 2.29. The van der Waals surface area contributed by atoms with Crippen LogP contribution in [-0.2, 0) is 0 Å². The Morgan fingerprint density at radius 1 is 1.00 bits per heavy atom. The molecule has 1 aromatic heterocycles. The van der Waals surface area contributed by atoms with E-state index in [-0.39, 0.29) is 5.88 Å². The summed E-state index contributed by atoms with van der Waals surface area (Å²) in [7, 11) is 0. The van der Waals surface area contributed by atoms with Gasteiger partial charge in [-0.15, -0.1) is 0 Å². The topological polar surface area (TPSA) is 85.1 Å². The maximum absolute atomic E-state index is 6.18. The van der Waals surface area contributed by atoms with Crippen molar-refractivity contribution >= 4 is 28.8 Å². The lowest BCUT2D eigenvalue weighted by molar-refractivity contribution is 0.464. The minimum absolute atomic E-state index is 0.272. The molecular weight excluding hydrogens is 338 g/mol. The number of para-hydroxylation sites is 1. The van der Waals surface area contributed by atoms with Crippen LogP contribution in [0.5, 0.6) is 11.6 Å². The second-order valence-corrected chi connectivity index (χ2v) is 5.91. The van der Waals surface area contributed by atoms with Crippen molar-refractivity contribution in [2.75, 3.05) is 16.6 Å². The van der Waals surface area contributed by atoms with Crippen molar-refractivity contribution < 1.29 is 4.74 Å². The number of aromatic nitrogens is 2. The summed E-state index contributed by atoms with van der Waals surface area (Å²) in [6.07, 6.45) is 1.39. The molecule has 2 aromatic carbocycles. The SMILES string of the molecule is Cc1cc(Oc2ncnc(NNc3ccccc3)c2N)cc(C)c1Cl. The normalized spacial score (nSPS) is 10.4. The van der Waals surface area contributed by atoms with E-state index in [0.29, 0.717) is 17.3 Å². The summed E-state index contributed by atoms with van der Waals surface area (Å²) in [5.41, 5.74) is 15.1. The Morgan fingerprint density at radius 2 is 1.68 bits per heavy atom. The molecular formula is C18H18ClN5O. The van der Waals surface area contributed by atoms with Crippen LogP contribution in [0.15, 0.2) is 48.8 Å². The Labute approximate surface area is 151 Å². The number of hydrogen-bond donors (Lipinski definition) is 3. The summed E-state index contributed by atoms with van der Waals surface area (Å²) in [6, 6.07) is 13.3. The Bertz CT molecular complexity index is 863. The first-order chi connectivity index (χ1) is 12.0. The number of halogens is 1. The Kier molecular flexibility index (Phi) is 4.90. The third-order valence-electron chi connectivity index (χ3n) is 3.57. The highest BCUT2D eigenvalue weighted by atomic mass is 35.5. The van der Waals surface area contributed by atoms with E-state index in [1.807, 2.05) is 56.3 Å². The van der Waals surface area contributed by atoms with Crippen LogP contribution in [0.2, 0.25) is 5.02 Å². The van der Waals surface area contributed by atoms with Crippen LogP contribution in [0, 0.1) is 13.8 Å². The van der Waals surface area contributed by atoms with Crippen molar-refractivity contribution in [2.24, 2.45) is 0 Å². The van der Waals surface area contributed by atoms with E-state index >= 15 is 0 Å². The van der Waals surface area contributed by atoms with Gasteiger partial charge >= 0.3 is 0 Å². The van der Waals surface area contributed by atoms with E-state index in [4.69, 9.17) is 22.1 Å². The minimum Gasteiger partial charge on any atom is -0.437 e. The van der Waals surface area contributed by atoms with E-state index in [0.717, 1.165) is 21.8 Å². The molecule has 0 saturated heterocycles. The van der Waals surface area contributed by atoms with Gasteiger partial charge in [0.15, 0.2) is 5.82 Å². The standard InChI is InChI=1S/C18H18ClN5O/c1-11-8-14(9-12(2)15(11)19)25-18-16(20)17(21-10-22-18)24-23-13-6-4-3-5-7-13/h3-10,23H,20H2,1-2H3,(H,21,22,24). The Morgan fingerprint density at radius 3 is 2.36 bits per heavy atom. The zero-order valence-corrected chi connectivity index (χ0v) is 14.6. The highest BCUT2D eigenvalue weighted by Crippen LogP contribution is 2.32. The largest absolute Gasteiger partial charge is 0.437 e. The van der Waals surface area contributed by atoms with E-state index in [9.17, 15) is 0 Å². The molecule has 0 atom stereocenters. The number of rotatable bonds is 5. The number of nitrogen functional groups attached to an aromatic ring is 1. The number of hydrazine groups is 1. The van der Waals surface area contributed by atoms with Gasteiger partial charge in [-0.05, 0) is 49.2 Å². The van der Waals surface area contributed by atoms with Crippen LogP contribution in [0.4, 0.5) is 17.2 Å². The molecule has 0 radical (unpaired) electrons. The molecule has 0 aliphatic carbocycles. The molecule has 3 rings (SSSR count). The molecule has 0 spiro atoms. The zero-order chi connectivity index (χ0) is 17.8. The van der Waals surface area contributed by atoms with Crippen LogP contribution in [0.25, 0.3) is 0 Å². The lowest BCUT2D eigenvalue weighted by Crippen LogP contribution is -2.12. The van der Waals surface area contributed by atoms with Crippen LogP contribution >= 0.6 is 11.6 Å². The molecule has 0 unspecified atom stereocenters. The predicted molar refractivity (Wildman–Crippen MR) is 101 cm³/mol. The summed E-state index contributed by atoms with van der Waals surface area (Å²) in [4.78, 5) is 8.25. The van der Waals surface area contributed by atoms with Gasteiger partial charge in [0.25, 0.3) is 0 Å². The molecule has 6 nitrogen and oxygen atoms in total. The van der Waals surface area contributed by atoms with Crippen LogP contribution in [0.3, 0.4) is 0 Å².